The van der Waals surface area contributed by atoms with Gasteiger partial charge in [-0.1, -0.05) is 23.7 Å². The molecule has 32 heavy (non-hydrogen) atoms. The van der Waals surface area contributed by atoms with Crippen molar-refractivity contribution in [1.82, 2.24) is 9.88 Å². The highest BCUT2D eigenvalue weighted by Crippen LogP contribution is 2.42. The van der Waals surface area contributed by atoms with Crippen molar-refractivity contribution in [3.8, 4) is 5.75 Å². The van der Waals surface area contributed by atoms with Crippen LogP contribution in [0.1, 0.15) is 52.9 Å². The van der Waals surface area contributed by atoms with Crippen molar-refractivity contribution in [1.29, 1.82) is 0 Å². The monoisotopic (exact) mass is 456 g/mol. The van der Waals surface area contributed by atoms with E-state index in [-0.39, 0.29) is 12.1 Å². The summed E-state index contributed by atoms with van der Waals surface area (Å²) in [5.41, 5.74) is 4.43. The highest BCUT2D eigenvalue weighted by molar-refractivity contribution is 6.34. The largest absolute Gasteiger partial charge is 0.495 e. The van der Waals surface area contributed by atoms with Gasteiger partial charge in [0.1, 0.15) is 5.75 Å². The lowest BCUT2D eigenvalue weighted by Gasteiger charge is -2.40. The Kier molecular flexibility index (Phi) is 6.74. The van der Waals surface area contributed by atoms with Crippen LogP contribution in [0.3, 0.4) is 0 Å². The van der Waals surface area contributed by atoms with Crippen molar-refractivity contribution in [2.24, 2.45) is 0 Å². The molecule has 0 radical (unpaired) electrons. The number of fused-ring (bicyclic) bond motifs is 1. The Morgan fingerprint density at radius 1 is 1.28 bits per heavy atom. The molecule has 1 aliphatic rings. The molecular formula is C25H29ClN2O4. The first-order valence-electron chi connectivity index (χ1n) is 11.0. The maximum Gasteiger partial charge on any atom is 0.335 e. The van der Waals surface area contributed by atoms with Crippen LogP contribution in [0.25, 0.3) is 10.9 Å². The zero-order chi connectivity index (χ0) is 22.8. The van der Waals surface area contributed by atoms with Gasteiger partial charge in [-0.2, -0.15) is 0 Å². The summed E-state index contributed by atoms with van der Waals surface area (Å²) in [6.07, 6.45) is 3.89. The van der Waals surface area contributed by atoms with Gasteiger partial charge in [0.2, 0.25) is 0 Å². The number of rotatable bonds is 7. The molecule has 0 amide bonds. The number of H-pyrrole nitrogens is 1. The third-order valence-corrected chi connectivity index (χ3v) is 6.88. The van der Waals surface area contributed by atoms with E-state index in [1.165, 1.54) is 0 Å². The Bertz CT molecular complexity index is 1110. The third kappa shape index (κ3) is 4.22. The summed E-state index contributed by atoms with van der Waals surface area (Å²) in [6, 6.07) is 9.35. The van der Waals surface area contributed by atoms with Crippen molar-refractivity contribution >= 4 is 28.5 Å². The van der Waals surface area contributed by atoms with E-state index in [4.69, 9.17) is 21.1 Å². The van der Waals surface area contributed by atoms with Gasteiger partial charge in [0.05, 0.1) is 29.3 Å². The van der Waals surface area contributed by atoms with E-state index in [9.17, 15) is 9.90 Å². The number of halogens is 1. The fourth-order valence-corrected chi connectivity index (χ4v) is 5.08. The zero-order valence-electron chi connectivity index (χ0n) is 18.7. The van der Waals surface area contributed by atoms with Gasteiger partial charge in [0.25, 0.3) is 0 Å². The highest BCUT2D eigenvalue weighted by Gasteiger charge is 2.32. The van der Waals surface area contributed by atoms with Crippen molar-refractivity contribution in [2.75, 3.05) is 20.3 Å². The number of aromatic carboxylic acids is 1. The quantitative estimate of drug-likeness (QED) is 0.485. The summed E-state index contributed by atoms with van der Waals surface area (Å²) in [7, 11) is 1.66. The van der Waals surface area contributed by atoms with Crippen molar-refractivity contribution < 1.29 is 19.4 Å². The zero-order valence-corrected chi connectivity index (χ0v) is 19.4. The van der Waals surface area contributed by atoms with Crippen LogP contribution >= 0.6 is 11.6 Å². The van der Waals surface area contributed by atoms with Gasteiger partial charge in [-0.05, 0) is 56.0 Å². The lowest BCUT2D eigenvalue weighted by Crippen LogP contribution is -2.39. The van der Waals surface area contributed by atoms with Crippen LogP contribution in [0.2, 0.25) is 5.02 Å². The number of aromatic amines is 1. The molecule has 0 saturated carbocycles. The van der Waals surface area contributed by atoms with E-state index < -0.39 is 5.97 Å². The van der Waals surface area contributed by atoms with Gasteiger partial charge in [-0.15, -0.1) is 0 Å². The van der Waals surface area contributed by atoms with Crippen LogP contribution < -0.4 is 4.74 Å². The second-order valence-electron chi connectivity index (χ2n) is 8.23. The van der Waals surface area contributed by atoms with E-state index in [0.717, 1.165) is 47.0 Å². The first-order chi connectivity index (χ1) is 15.4. The van der Waals surface area contributed by atoms with Crippen molar-refractivity contribution in [2.45, 2.75) is 45.4 Å². The molecule has 1 fully saturated rings. The van der Waals surface area contributed by atoms with Gasteiger partial charge < -0.3 is 19.6 Å². The Balaban J connectivity index is 1.72. The molecule has 7 heteroatoms. The minimum Gasteiger partial charge on any atom is -0.495 e. The molecule has 2 heterocycles. The molecule has 0 spiro atoms. The molecule has 2 aromatic carbocycles. The normalized spacial score (nSPS) is 19.4. The van der Waals surface area contributed by atoms with Crippen LogP contribution in [0.5, 0.6) is 5.75 Å². The van der Waals surface area contributed by atoms with Crippen molar-refractivity contribution in [3.63, 3.8) is 0 Å². The van der Waals surface area contributed by atoms with Crippen LogP contribution in [-0.2, 0) is 11.3 Å². The summed E-state index contributed by atoms with van der Waals surface area (Å²) < 4.78 is 11.7. The van der Waals surface area contributed by atoms with Gasteiger partial charge in [-0.25, -0.2) is 4.79 Å². The Labute approximate surface area is 193 Å². The maximum absolute atomic E-state index is 11.3. The lowest BCUT2D eigenvalue weighted by molar-refractivity contribution is -0.0138. The minimum atomic E-state index is -0.918. The summed E-state index contributed by atoms with van der Waals surface area (Å²) >= 11 is 6.68. The number of aryl methyl sites for hydroxylation is 1. The summed E-state index contributed by atoms with van der Waals surface area (Å²) in [4.78, 5) is 17.0. The predicted octanol–water partition coefficient (Wildman–Crippen LogP) is 5.58. The molecule has 4 rings (SSSR count). The number of ether oxygens (including phenoxy) is 2. The summed E-state index contributed by atoms with van der Waals surface area (Å²) in [5, 5.41) is 11.0. The number of likely N-dealkylation sites (tertiary alicyclic amines) is 1. The van der Waals surface area contributed by atoms with E-state index in [1.54, 1.807) is 19.2 Å². The average Bonchev–Trinajstić information content (AvgIpc) is 3.29. The minimum absolute atomic E-state index is 0.0990. The third-order valence-electron chi connectivity index (χ3n) is 6.43. The average molecular weight is 457 g/mol. The second kappa shape index (κ2) is 9.53. The maximum atomic E-state index is 11.3. The fourth-order valence-electron chi connectivity index (χ4n) is 4.79. The number of benzene rings is 2. The Morgan fingerprint density at radius 2 is 2.03 bits per heavy atom. The summed E-state index contributed by atoms with van der Waals surface area (Å²) in [5.74, 6) is -0.207. The molecule has 0 aliphatic carbocycles. The second-order valence-corrected chi connectivity index (χ2v) is 8.61. The number of nitrogens with zero attached hydrogens (tertiary/aromatic N) is 1. The Hall–Kier alpha value is -2.54. The number of methoxy groups -OCH3 is 1. The number of hydrogen-bond donors (Lipinski definition) is 2. The number of nitrogens with one attached hydrogen (secondary N) is 1. The highest BCUT2D eigenvalue weighted by atomic mass is 35.5. The molecule has 1 aromatic heterocycles. The molecule has 3 aromatic rings. The molecule has 2 N–H and O–H groups in total. The SMILES string of the molecule is CCO[C@H]1CCN(Cc2c(OC)c(Cl)c(C)c3[nH]ccc23)[C@H](c2ccc(C(=O)O)cc2)C1. The molecule has 0 bridgehead atoms. The number of aromatic nitrogens is 1. The smallest absolute Gasteiger partial charge is 0.335 e. The van der Waals surface area contributed by atoms with Crippen LogP contribution in [0.15, 0.2) is 36.5 Å². The molecular weight excluding hydrogens is 428 g/mol. The first-order valence-corrected chi connectivity index (χ1v) is 11.3. The number of carboxylic acids is 1. The summed E-state index contributed by atoms with van der Waals surface area (Å²) in [6.45, 7) is 6.22. The predicted molar refractivity (Wildman–Crippen MR) is 126 cm³/mol. The van der Waals surface area contributed by atoms with Crippen LogP contribution in [0.4, 0.5) is 0 Å². The molecule has 0 unspecified atom stereocenters. The van der Waals surface area contributed by atoms with E-state index in [1.807, 2.05) is 32.2 Å². The number of hydrogen-bond acceptors (Lipinski definition) is 4. The number of piperidine rings is 1. The number of carboxylic acid groups (broad SMARTS) is 1. The molecule has 170 valence electrons. The van der Waals surface area contributed by atoms with E-state index in [0.29, 0.717) is 29.5 Å². The Morgan fingerprint density at radius 3 is 2.69 bits per heavy atom. The fraction of sp³-hybridized carbons (Fsp3) is 0.400. The van der Waals surface area contributed by atoms with Crippen molar-refractivity contribution in [3.05, 3.63) is 63.8 Å². The topological polar surface area (TPSA) is 74.8 Å². The van der Waals surface area contributed by atoms with Gasteiger partial charge >= 0.3 is 5.97 Å². The molecule has 6 nitrogen and oxygen atoms in total. The number of carbonyl (C=O) groups is 1. The van der Waals surface area contributed by atoms with Gasteiger partial charge in [0, 0.05) is 42.9 Å². The van der Waals surface area contributed by atoms with E-state index in [2.05, 4.69) is 16.0 Å². The first kappa shape index (κ1) is 22.6. The van der Waals surface area contributed by atoms with E-state index >= 15 is 0 Å². The molecule has 1 saturated heterocycles. The molecule has 2 atom stereocenters. The van der Waals surface area contributed by atoms with Crippen LogP contribution in [-0.4, -0.2) is 47.3 Å². The standard InChI is InChI=1S/C25H29ClN2O4/c1-4-32-18-10-12-28(21(13-18)16-5-7-17(8-6-16)25(29)30)14-20-19-9-11-27-23(19)15(2)22(26)24(20)31-3/h5-9,11,18,21,27H,4,10,12-14H2,1-3H3,(H,29,30)/t18-,21-/m0/s1. The van der Waals surface area contributed by atoms with Gasteiger partial charge in [-0.3, -0.25) is 4.90 Å². The molecule has 1 aliphatic heterocycles. The van der Waals surface area contributed by atoms with Gasteiger partial charge in [0.15, 0.2) is 0 Å². The lowest BCUT2D eigenvalue weighted by atomic mass is 9.91. The van der Waals surface area contributed by atoms with Crippen LogP contribution in [0, 0.1) is 6.92 Å².